The topological polar surface area (TPSA) is 58.3 Å². The van der Waals surface area contributed by atoms with E-state index in [0.717, 1.165) is 17.1 Å². The van der Waals surface area contributed by atoms with Gasteiger partial charge in [-0.05, 0) is 24.4 Å². The first-order chi connectivity index (χ1) is 13.2. The van der Waals surface area contributed by atoms with E-state index < -0.39 is 6.29 Å². The van der Waals surface area contributed by atoms with Crippen molar-refractivity contribution < 1.29 is 14.3 Å². The first-order valence-electron chi connectivity index (χ1n) is 8.84. The van der Waals surface area contributed by atoms with Crippen LogP contribution in [0.15, 0.2) is 60.7 Å². The van der Waals surface area contributed by atoms with Crippen LogP contribution in [0.3, 0.4) is 0 Å². The molecule has 0 spiro atoms. The molecule has 3 atom stereocenters. The number of carbonyl (C=O) groups excluding carboxylic acids is 1. The van der Waals surface area contributed by atoms with E-state index >= 15 is 0 Å². The van der Waals surface area contributed by atoms with E-state index in [4.69, 9.17) is 26.8 Å². The molecule has 3 heterocycles. The number of fused-ring (bicyclic) bond motifs is 2. The van der Waals surface area contributed by atoms with Crippen LogP contribution in [0.2, 0.25) is 0 Å². The Morgan fingerprint density at radius 3 is 2.48 bits per heavy atom. The Morgan fingerprint density at radius 2 is 1.74 bits per heavy atom. The summed E-state index contributed by atoms with van der Waals surface area (Å²) in [5.41, 5.74) is 1.88. The molecule has 0 N–H and O–H groups in total. The lowest BCUT2D eigenvalue weighted by Gasteiger charge is -2.26. The minimum absolute atomic E-state index is 0.0637. The van der Waals surface area contributed by atoms with Crippen LogP contribution < -0.4 is 0 Å². The number of hydrogen-bond acceptors (Lipinski definition) is 5. The number of benzene rings is 2. The Kier molecular flexibility index (Phi) is 4.00. The molecule has 5 rings (SSSR count). The normalized spacial score (nSPS) is 24.3. The summed E-state index contributed by atoms with van der Waals surface area (Å²) in [6.45, 7) is 0.377. The Morgan fingerprint density at radius 1 is 1.04 bits per heavy atom. The van der Waals surface area contributed by atoms with Crippen LogP contribution >= 0.6 is 12.2 Å². The van der Waals surface area contributed by atoms with Crippen LogP contribution in [0.5, 0.6) is 0 Å². The lowest BCUT2D eigenvalue weighted by molar-refractivity contribution is -0.156. The van der Waals surface area contributed by atoms with Gasteiger partial charge in [0.05, 0.1) is 12.6 Å². The highest BCUT2D eigenvalue weighted by Gasteiger charge is 2.45. The Labute approximate surface area is 161 Å². The van der Waals surface area contributed by atoms with Crippen molar-refractivity contribution in [2.75, 3.05) is 6.61 Å². The third kappa shape index (κ3) is 2.75. The first kappa shape index (κ1) is 16.6. The van der Waals surface area contributed by atoms with Crippen molar-refractivity contribution in [3.63, 3.8) is 0 Å². The van der Waals surface area contributed by atoms with Gasteiger partial charge in [-0.15, -0.1) is 0 Å². The van der Waals surface area contributed by atoms with Gasteiger partial charge in [0.1, 0.15) is 6.10 Å². The number of Topliss-reactive ketones (excluding diaryl/α,β-unsaturated/α-hetero) is 1. The fraction of sp³-hybridized carbons (Fsp3) is 0.250. The maximum Gasteiger partial charge on any atom is 0.218 e. The summed E-state index contributed by atoms with van der Waals surface area (Å²) >= 11 is 5.78. The molecule has 0 aliphatic carbocycles. The first-order valence-corrected chi connectivity index (χ1v) is 9.25. The molecule has 2 aliphatic heterocycles. The molecule has 0 amide bonds. The van der Waals surface area contributed by atoms with Gasteiger partial charge in [-0.2, -0.15) is 5.10 Å². The van der Waals surface area contributed by atoms with Gasteiger partial charge in [-0.1, -0.05) is 48.5 Å². The summed E-state index contributed by atoms with van der Waals surface area (Å²) in [4.78, 5) is 12.2. The second-order valence-corrected chi connectivity index (χ2v) is 7.03. The third-order valence-corrected chi connectivity index (χ3v) is 5.34. The second-order valence-electron chi connectivity index (χ2n) is 6.67. The summed E-state index contributed by atoms with van der Waals surface area (Å²) in [6.07, 6.45) is -0.642. The molecule has 7 heteroatoms. The standard InChI is InChI=1S/C20H17N3O3S/c24-16-11-15(17-12-25-19(16)26-17)23-20(27)22(14-9-5-2-6-10-14)18(21-23)13-7-3-1-4-8-13/h1-10,15,17,19H,11-12H2/t15-,17-,19+/m0/s1. The van der Waals surface area contributed by atoms with Gasteiger partial charge < -0.3 is 9.47 Å². The average molecular weight is 379 g/mol. The SMILES string of the molecule is O=C1C[C@H](n2nc(-c3ccccc3)n(-c3ccccc3)c2=S)[C@@H]2CO[C@@H]1O2. The van der Waals surface area contributed by atoms with Crippen molar-refractivity contribution in [1.29, 1.82) is 0 Å². The quantitative estimate of drug-likeness (QED) is 0.654. The predicted molar refractivity (Wildman–Crippen MR) is 101 cm³/mol. The van der Waals surface area contributed by atoms with Crippen molar-refractivity contribution >= 4 is 18.0 Å². The van der Waals surface area contributed by atoms with Crippen LogP contribution in [-0.2, 0) is 14.3 Å². The lowest BCUT2D eigenvalue weighted by Crippen LogP contribution is -2.37. The molecule has 27 heavy (non-hydrogen) atoms. The van der Waals surface area contributed by atoms with E-state index in [1.165, 1.54) is 0 Å². The molecule has 1 aromatic heterocycles. The van der Waals surface area contributed by atoms with Gasteiger partial charge in [-0.3, -0.25) is 9.36 Å². The summed E-state index contributed by atoms with van der Waals surface area (Å²) < 4.78 is 15.4. The van der Waals surface area contributed by atoms with Crippen LogP contribution in [-0.4, -0.2) is 39.1 Å². The third-order valence-electron chi connectivity index (χ3n) is 4.97. The highest BCUT2D eigenvalue weighted by molar-refractivity contribution is 7.71. The molecule has 2 aromatic carbocycles. The monoisotopic (exact) mass is 379 g/mol. The van der Waals surface area contributed by atoms with Crippen molar-refractivity contribution in [3.05, 3.63) is 65.4 Å². The van der Waals surface area contributed by atoms with E-state index in [1.54, 1.807) is 4.68 Å². The molecule has 6 nitrogen and oxygen atoms in total. The second kappa shape index (κ2) is 6.53. The molecule has 0 radical (unpaired) electrons. The number of ether oxygens (including phenoxy) is 2. The fourth-order valence-electron chi connectivity index (χ4n) is 3.65. The van der Waals surface area contributed by atoms with Crippen molar-refractivity contribution in [1.82, 2.24) is 14.3 Å². The number of nitrogens with zero attached hydrogens (tertiary/aromatic N) is 3. The number of para-hydroxylation sites is 1. The summed E-state index contributed by atoms with van der Waals surface area (Å²) in [5.74, 6) is 0.673. The largest absolute Gasteiger partial charge is 0.343 e. The van der Waals surface area contributed by atoms with Crippen molar-refractivity contribution in [2.45, 2.75) is 24.9 Å². The number of ketones is 1. The number of aromatic nitrogens is 3. The molecule has 2 saturated heterocycles. The van der Waals surface area contributed by atoms with Crippen LogP contribution in [0.4, 0.5) is 0 Å². The van der Waals surface area contributed by atoms with Gasteiger partial charge in [0.15, 0.2) is 11.6 Å². The minimum Gasteiger partial charge on any atom is -0.343 e. The van der Waals surface area contributed by atoms with Crippen molar-refractivity contribution in [2.24, 2.45) is 0 Å². The summed E-state index contributed by atoms with van der Waals surface area (Å²) in [5, 5.41) is 4.82. The van der Waals surface area contributed by atoms with Crippen LogP contribution in [0.1, 0.15) is 12.5 Å². The van der Waals surface area contributed by atoms with Crippen LogP contribution in [0, 0.1) is 4.77 Å². The van der Waals surface area contributed by atoms with Crippen molar-refractivity contribution in [3.8, 4) is 17.1 Å². The van der Waals surface area contributed by atoms with Gasteiger partial charge in [-0.25, -0.2) is 4.68 Å². The molecular weight excluding hydrogens is 362 g/mol. The van der Waals surface area contributed by atoms with E-state index in [-0.39, 0.29) is 17.9 Å². The molecule has 2 bridgehead atoms. The summed E-state index contributed by atoms with van der Waals surface area (Å²) in [7, 11) is 0. The van der Waals surface area contributed by atoms with Gasteiger partial charge in [0, 0.05) is 17.7 Å². The van der Waals surface area contributed by atoms with E-state index in [9.17, 15) is 4.79 Å². The highest BCUT2D eigenvalue weighted by Crippen LogP contribution is 2.34. The molecule has 2 aliphatic rings. The molecule has 0 unspecified atom stereocenters. The average Bonchev–Trinajstić information content (AvgIpc) is 3.29. The van der Waals surface area contributed by atoms with Gasteiger partial charge in [0.25, 0.3) is 0 Å². The zero-order valence-corrected chi connectivity index (χ0v) is 15.2. The molecular formula is C20H17N3O3S. The lowest BCUT2D eigenvalue weighted by atomic mass is 10.0. The zero-order valence-electron chi connectivity index (χ0n) is 14.4. The molecule has 2 fully saturated rings. The van der Waals surface area contributed by atoms with E-state index in [1.807, 2.05) is 65.2 Å². The van der Waals surface area contributed by atoms with Gasteiger partial charge >= 0.3 is 0 Å². The number of hydrogen-bond donors (Lipinski definition) is 0. The maximum atomic E-state index is 12.2. The Balaban J connectivity index is 1.69. The molecule has 0 saturated carbocycles. The highest BCUT2D eigenvalue weighted by atomic mass is 32.1. The number of carbonyl (C=O) groups is 1. The maximum absolute atomic E-state index is 12.2. The Bertz CT molecular complexity index is 1050. The summed E-state index contributed by atoms with van der Waals surface area (Å²) in [6, 6.07) is 19.5. The molecule has 136 valence electrons. The molecule has 3 aromatic rings. The minimum atomic E-state index is -0.731. The fourth-order valence-corrected chi connectivity index (χ4v) is 4.02. The smallest absolute Gasteiger partial charge is 0.218 e. The van der Waals surface area contributed by atoms with E-state index in [2.05, 4.69) is 0 Å². The van der Waals surface area contributed by atoms with Gasteiger partial charge in [0.2, 0.25) is 11.1 Å². The number of rotatable bonds is 3. The Hall–Kier alpha value is -2.61. The zero-order chi connectivity index (χ0) is 18.4. The van der Waals surface area contributed by atoms with E-state index in [0.29, 0.717) is 17.8 Å². The predicted octanol–water partition coefficient (Wildman–Crippen LogP) is 3.33. The van der Waals surface area contributed by atoms with Crippen LogP contribution in [0.25, 0.3) is 17.1 Å².